The van der Waals surface area contributed by atoms with Crippen molar-refractivity contribution in [2.75, 3.05) is 42.3 Å². The third-order valence-electron chi connectivity index (χ3n) is 6.04. The van der Waals surface area contributed by atoms with Gasteiger partial charge in [0.25, 0.3) is 0 Å². The minimum Gasteiger partial charge on any atom is -0.494 e. The zero-order valence-electron chi connectivity index (χ0n) is 22.0. The number of benzene rings is 2. The lowest BCUT2D eigenvalue weighted by Gasteiger charge is -2.21. The predicted molar refractivity (Wildman–Crippen MR) is 153 cm³/mol. The molecule has 1 atom stereocenters. The molecule has 10 nitrogen and oxygen atoms in total. The van der Waals surface area contributed by atoms with Crippen LogP contribution in [0.5, 0.6) is 5.75 Å². The first kappa shape index (κ1) is 27.9. The Bertz CT molecular complexity index is 1370. The first-order chi connectivity index (χ1) is 18.2. The van der Waals surface area contributed by atoms with E-state index in [-0.39, 0.29) is 27.7 Å². The molecule has 4 rings (SSSR count). The lowest BCUT2D eigenvalue weighted by Crippen LogP contribution is -2.32. The molecule has 12 heteroatoms. The Morgan fingerprint density at radius 1 is 1.16 bits per heavy atom. The van der Waals surface area contributed by atoms with E-state index in [1.807, 2.05) is 18.2 Å². The van der Waals surface area contributed by atoms with E-state index >= 15 is 0 Å². The summed E-state index contributed by atoms with van der Waals surface area (Å²) in [7, 11) is -2.13. The molecule has 1 fully saturated rings. The van der Waals surface area contributed by atoms with E-state index in [1.165, 1.54) is 12.3 Å². The van der Waals surface area contributed by atoms with Gasteiger partial charge in [-0.2, -0.15) is 4.98 Å². The molecule has 1 aliphatic heterocycles. The number of ether oxygens (including phenoxy) is 1. The molecule has 1 saturated heterocycles. The fourth-order valence-electron chi connectivity index (χ4n) is 4.37. The molecule has 2 aromatic carbocycles. The first-order valence-corrected chi connectivity index (χ1v) is 14.4. The molecule has 0 aliphatic carbocycles. The van der Waals surface area contributed by atoms with Crippen LogP contribution in [0.15, 0.2) is 53.6 Å². The van der Waals surface area contributed by atoms with Crippen LogP contribution < -0.4 is 30.3 Å². The average Bonchev–Trinajstić information content (AvgIpc) is 3.34. The fourth-order valence-corrected chi connectivity index (χ4v) is 5.92. The van der Waals surface area contributed by atoms with E-state index in [2.05, 4.69) is 42.5 Å². The number of nitrogens with one attached hydrogen (secondary N) is 4. The van der Waals surface area contributed by atoms with Crippen molar-refractivity contribution in [3.63, 3.8) is 0 Å². The molecule has 3 aromatic rings. The van der Waals surface area contributed by atoms with Gasteiger partial charge in [0.2, 0.25) is 16.0 Å². The molecule has 1 aliphatic rings. The number of nitrogens with zero attached hydrogens (tertiary/aromatic N) is 3. The lowest BCUT2D eigenvalue weighted by molar-refractivity contribution is 0.417. The van der Waals surface area contributed by atoms with Gasteiger partial charge in [-0.05, 0) is 51.1 Å². The minimum absolute atomic E-state index is 0.0911. The number of likely N-dealkylation sites (N-methyl/N-ethyl adjacent to an activating group) is 1. The molecule has 4 N–H and O–H groups in total. The summed E-state index contributed by atoms with van der Waals surface area (Å²) in [5.41, 5.74) is 2.12. The van der Waals surface area contributed by atoms with E-state index in [0.29, 0.717) is 23.2 Å². The summed E-state index contributed by atoms with van der Waals surface area (Å²) in [5, 5.41) is 9.99. The van der Waals surface area contributed by atoms with Gasteiger partial charge in [0.15, 0.2) is 5.82 Å². The molecule has 0 saturated carbocycles. The van der Waals surface area contributed by atoms with E-state index in [0.717, 1.165) is 31.7 Å². The summed E-state index contributed by atoms with van der Waals surface area (Å²) >= 11 is 6.37. The van der Waals surface area contributed by atoms with Gasteiger partial charge in [0, 0.05) is 36.9 Å². The van der Waals surface area contributed by atoms with Gasteiger partial charge in [0.1, 0.15) is 15.7 Å². The van der Waals surface area contributed by atoms with Gasteiger partial charge in [-0.15, -0.1) is 0 Å². The summed E-state index contributed by atoms with van der Waals surface area (Å²) in [5.74, 6) is 1.19. The summed E-state index contributed by atoms with van der Waals surface area (Å²) < 4.78 is 33.9. The second kappa shape index (κ2) is 12.2. The molecule has 1 aromatic heterocycles. The number of para-hydroxylation sites is 1. The number of rotatable bonds is 11. The maximum absolute atomic E-state index is 12.8. The Hall–Kier alpha value is -3.12. The quantitative estimate of drug-likeness (QED) is 0.269. The van der Waals surface area contributed by atoms with Crippen molar-refractivity contribution in [2.24, 2.45) is 0 Å². The van der Waals surface area contributed by atoms with Gasteiger partial charge < -0.3 is 25.6 Å². The van der Waals surface area contributed by atoms with Crippen LogP contribution in [0.25, 0.3) is 0 Å². The van der Waals surface area contributed by atoms with Crippen LogP contribution in [0, 0.1) is 0 Å². The number of aromatic nitrogens is 2. The number of hydrogen-bond donors (Lipinski definition) is 4. The maximum Gasteiger partial charge on any atom is 0.242 e. The van der Waals surface area contributed by atoms with Crippen molar-refractivity contribution in [3.8, 4) is 5.75 Å². The Labute approximate surface area is 229 Å². The van der Waals surface area contributed by atoms with Crippen LogP contribution in [0.3, 0.4) is 0 Å². The van der Waals surface area contributed by atoms with Crippen molar-refractivity contribution in [3.05, 3.63) is 53.7 Å². The van der Waals surface area contributed by atoms with Crippen LogP contribution in [-0.2, 0) is 10.0 Å². The van der Waals surface area contributed by atoms with Crippen molar-refractivity contribution in [1.29, 1.82) is 0 Å². The molecular weight excluding hydrogens is 526 g/mol. The summed E-state index contributed by atoms with van der Waals surface area (Å²) in [6.45, 7) is 8.53. The normalized spacial score (nSPS) is 15.6. The largest absolute Gasteiger partial charge is 0.494 e. The van der Waals surface area contributed by atoms with Crippen molar-refractivity contribution >= 4 is 50.5 Å². The molecule has 38 heavy (non-hydrogen) atoms. The third-order valence-corrected chi connectivity index (χ3v) is 8.04. The number of anilines is 5. The third kappa shape index (κ3) is 6.65. The first-order valence-electron chi connectivity index (χ1n) is 12.5. The van der Waals surface area contributed by atoms with Gasteiger partial charge in [-0.1, -0.05) is 30.7 Å². The van der Waals surface area contributed by atoms with Crippen molar-refractivity contribution in [1.82, 2.24) is 20.0 Å². The van der Waals surface area contributed by atoms with Gasteiger partial charge >= 0.3 is 0 Å². The molecule has 204 valence electrons. The highest BCUT2D eigenvalue weighted by molar-refractivity contribution is 7.89. The molecule has 2 heterocycles. The van der Waals surface area contributed by atoms with Crippen molar-refractivity contribution in [2.45, 2.75) is 44.2 Å². The zero-order valence-corrected chi connectivity index (χ0v) is 23.5. The highest BCUT2D eigenvalue weighted by atomic mass is 35.5. The topological polar surface area (TPSA) is 121 Å². The summed E-state index contributed by atoms with van der Waals surface area (Å²) in [6.07, 6.45) is 2.55. The summed E-state index contributed by atoms with van der Waals surface area (Å²) in [4.78, 5) is 11.2. The second-order valence-corrected chi connectivity index (χ2v) is 11.4. The Kier molecular flexibility index (Phi) is 8.93. The monoisotopic (exact) mass is 559 g/mol. The van der Waals surface area contributed by atoms with Gasteiger partial charge in [0.05, 0.1) is 24.7 Å². The minimum atomic E-state index is -3.75. The molecule has 0 amide bonds. The van der Waals surface area contributed by atoms with Crippen LogP contribution >= 0.6 is 11.6 Å². The van der Waals surface area contributed by atoms with E-state index in [4.69, 9.17) is 16.3 Å². The Morgan fingerprint density at radius 2 is 1.95 bits per heavy atom. The molecule has 0 spiro atoms. The van der Waals surface area contributed by atoms with E-state index in [1.54, 1.807) is 39.2 Å². The van der Waals surface area contributed by atoms with Crippen LogP contribution in [0.2, 0.25) is 5.02 Å². The summed E-state index contributed by atoms with van der Waals surface area (Å²) in [6, 6.07) is 12.8. The zero-order chi connectivity index (χ0) is 27.3. The number of sulfonamides is 1. The van der Waals surface area contributed by atoms with Crippen LogP contribution in [0.1, 0.15) is 27.2 Å². The predicted octanol–water partition coefficient (Wildman–Crippen LogP) is 4.50. The van der Waals surface area contributed by atoms with E-state index in [9.17, 15) is 8.42 Å². The highest BCUT2D eigenvalue weighted by Gasteiger charge is 2.23. The SMILES string of the molecule is CCN[C@@H]1CCN(c2ccc(Nc3ncc(Cl)c(Nc4ccccc4S(=O)(=O)NC(C)C)n3)c(OC)c2)C1. The fraction of sp³-hybridized carbons (Fsp3) is 0.385. The van der Waals surface area contributed by atoms with Crippen molar-refractivity contribution < 1.29 is 13.2 Å². The molecule has 0 radical (unpaired) electrons. The van der Waals surface area contributed by atoms with Crippen LogP contribution in [0.4, 0.5) is 28.8 Å². The molecule has 0 unspecified atom stereocenters. The van der Waals surface area contributed by atoms with Gasteiger partial charge in [-0.3, -0.25) is 0 Å². The van der Waals surface area contributed by atoms with E-state index < -0.39 is 10.0 Å². The second-order valence-electron chi connectivity index (χ2n) is 9.29. The Balaban J connectivity index is 1.55. The standard InChI is InChI=1S/C26H34ClN7O3S/c1-5-28-18-12-13-34(16-18)19-10-11-21(23(14-19)37-4)31-26-29-15-20(27)25(32-26)30-22-8-6-7-9-24(22)38(35,36)33-17(2)3/h6-11,14-15,17-18,28,33H,5,12-13,16H2,1-4H3,(H2,29,30,31,32)/t18-/m1/s1. The number of methoxy groups -OCH3 is 1. The van der Waals surface area contributed by atoms with Gasteiger partial charge in [-0.25, -0.2) is 18.1 Å². The maximum atomic E-state index is 12.8. The average molecular weight is 560 g/mol. The number of hydrogen-bond acceptors (Lipinski definition) is 9. The van der Waals surface area contributed by atoms with Crippen LogP contribution in [-0.4, -0.2) is 57.2 Å². The Morgan fingerprint density at radius 3 is 2.68 bits per heavy atom. The highest BCUT2D eigenvalue weighted by Crippen LogP contribution is 2.34. The smallest absolute Gasteiger partial charge is 0.242 e. The molecular formula is C26H34ClN7O3S. The molecule has 0 bridgehead atoms. The number of halogens is 1. The lowest BCUT2D eigenvalue weighted by atomic mass is 10.2.